The van der Waals surface area contributed by atoms with Gasteiger partial charge in [-0.25, -0.2) is 8.42 Å². The number of hydrogen-bond acceptors (Lipinski definition) is 3. The Morgan fingerprint density at radius 3 is 2.45 bits per heavy atom. The number of sulfonamides is 1. The van der Waals surface area contributed by atoms with Gasteiger partial charge in [0.15, 0.2) is 0 Å². The quantitative estimate of drug-likeness (QED) is 0.839. The number of carboxylic acids is 1. The molecule has 1 fully saturated rings. The molecule has 2 N–H and O–H groups in total. The van der Waals surface area contributed by atoms with E-state index in [0.29, 0.717) is 17.3 Å². The fraction of sp³-hybridized carbons (Fsp3) is 0.417. The minimum Gasteiger partial charge on any atom is -0.480 e. The van der Waals surface area contributed by atoms with Crippen LogP contribution >= 0.6 is 27.5 Å². The lowest BCUT2D eigenvalue weighted by molar-refractivity contribution is -0.143. The van der Waals surface area contributed by atoms with E-state index in [1.165, 1.54) is 12.1 Å². The van der Waals surface area contributed by atoms with Gasteiger partial charge in [0.2, 0.25) is 10.0 Å². The minimum absolute atomic E-state index is 0.0467. The second-order valence-corrected chi connectivity index (χ2v) is 7.75. The largest absolute Gasteiger partial charge is 0.480 e. The molecular formula is C12H13BrClNO4S. The fourth-order valence-electron chi connectivity index (χ4n) is 2.34. The highest BCUT2D eigenvalue weighted by atomic mass is 79.9. The van der Waals surface area contributed by atoms with Crippen molar-refractivity contribution in [1.29, 1.82) is 0 Å². The van der Waals surface area contributed by atoms with Crippen LogP contribution in [0.25, 0.3) is 0 Å². The van der Waals surface area contributed by atoms with Crippen molar-refractivity contribution in [3.8, 4) is 0 Å². The molecule has 0 aliphatic heterocycles. The predicted molar refractivity (Wildman–Crippen MR) is 78.3 cm³/mol. The average Bonchev–Trinajstić information content (AvgIpc) is 2.77. The molecule has 0 amide bonds. The number of aliphatic carboxylic acids is 1. The summed E-state index contributed by atoms with van der Waals surface area (Å²) in [7, 11) is -3.98. The monoisotopic (exact) mass is 381 g/mol. The summed E-state index contributed by atoms with van der Waals surface area (Å²) >= 11 is 9.12. The Bertz CT molecular complexity index is 641. The van der Waals surface area contributed by atoms with Gasteiger partial charge in [-0.3, -0.25) is 4.79 Å². The SMILES string of the molecule is O=C(O)C1(NS(=O)(=O)c2ccc(Br)cc2Cl)CCCC1. The van der Waals surface area contributed by atoms with Gasteiger partial charge >= 0.3 is 5.97 Å². The topological polar surface area (TPSA) is 83.5 Å². The van der Waals surface area contributed by atoms with Crippen LogP contribution in [0.2, 0.25) is 5.02 Å². The van der Waals surface area contributed by atoms with Crippen LogP contribution in [-0.2, 0) is 14.8 Å². The normalized spacial score (nSPS) is 18.1. The van der Waals surface area contributed by atoms with E-state index in [0.717, 1.165) is 0 Å². The second-order valence-electron chi connectivity index (χ2n) is 4.77. The maximum absolute atomic E-state index is 12.4. The molecule has 5 nitrogen and oxygen atoms in total. The zero-order valence-corrected chi connectivity index (χ0v) is 13.6. The van der Waals surface area contributed by atoms with Crippen molar-refractivity contribution in [2.75, 3.05) is 0 Å². The van der Waals surface area contributed by atoms with Crippen molar-refractivity contribution in [3.63, 3.8) is 0 Å². The first kappa shape index (κ1) is 15.8. The number of halogens is 2. The minimum atomic E-state index is -3.98. The van der Waals surface area contributed by atoms with Gasteiger partial charge in [0.1, 0.15) is 10.4 Å². The van der Waals surface area contributed by atoms with Crippen LogP contribution in [-0.4, -0.2) is 25.0 Å². The zero-order chi connectivity index (χ0) is 15.0. The Labute approximate surface area is 130 Å². The Kier molecular flexibility index (Phi) is 4.44. The van der Waals surface area contributed by atoms with E-state index >= 15 is 0 Å². The van der Waals surface area contributed by atoms with E-state index < -0.39 is 21.5 Å². The maximum Gasteiger partial charge on any atom is 0.324 e. The number of carbonyl (C=O) groups is 1. The highest BCUT2D eigenvalue weighted by molar-refractivity contribution is 9.10. The molecule has 20 heavy (non-hydrogen) atoms. The molecule has 1 aromatic carbocycles. The average molecular weight is 383 g/mol. The number of nitrogens with one attached hydrogen (secondary N) is 1. The van der Waals surface area contributed by atoms with Gasteiger partial charge in [-0.05, 0) is 31.0 Å². The summed E-state index contributed by atoms with van der Waals surface area (Å²) in [6.07, 6.45) is 1.94. The molecule has 0 atom stereocenters. The zero-order valence-electron chi connectivity index (χ0n) is 10.4. The van der Waals surface area contributed by atoms with E-state index in [-0.39, 0.29) is 22.8 Å². The van der Waals surface area contributed by atoms with E-state index in [2.05, 4.69) is 20.7 Å². The smallest absolute Gasteiger partial charge is 0.324 e. The summed E-state index contributed by atoms with van der Waals surface area (Å²) in [5, 5.41) is 9.37. The molecular weight excluding hydrogens is 370 g/mol. The van der Waals surface area contributed by atoms with Crippen LogP contribution in [0.1, 0.15) is 25.7 Å². The van der Waals surface area contributed by atoms with E-state index in [1.807, 2.05) is 0 Å². The molecule has 0 aromatic heterocycles. The summed E-state index contributed by atoms with van der Waals surface area (Å²) in [4.78, 5) is 11.3. The molecule has 0 heterocycles. The second kappa shape index (κ2) is 5.63. The van der Waals surface area contributed by atoms with Crippen LogP contribution in [0, 0.1) is 0 Å². The van der Waals surface area contributed by atoms with E-state index in [1.54, 1.807) is 6.07 Å². The van der Waals surface area contributed by atoms with Gasteiger partial charge in [-0.2, -0.15) is 4.72 Å². The summed E-state index contributed by atoms with van der Waals surface area (Å²) in [5.41, 5.74) is -1.42. The molecule has 1 aliphatic rings. The van der Waals surface area contributed by atoms with Crippen molar-refractivity contribution < 1.29 is 18.3 Å². The van der Waals surface area contributed by atoms with Crippen LogP contribution in [0.4, 0.5) is 0 Å². The fourth-order valence-corrected chi connectivity index (χ4v) is 4.80. The lowest BCUT2D eigenvalue weighted by Crippen LogP contribution is -2.52. The molecule has 0 radical (unpaired) electrons. The lowest BCUT2D eigenvalue weighted by atomic mass is 10.0. The lowest BCUT2D eigenvalue weighted by Gasteiger charge is -2.25. The molecule has 8 heteroatoms. The summed E-state index contributed by atoms with van der Waals surface area (Å²) in [6, 6.07) is 4.35. The van der Waals surface area contributed by atoms with Crippen LogP contribution in [0.5, 0.6) is 0 Å². The van der Waals surface area contributed by atoms with Crippen LogP contribution < -0.4 is 4.72 Å². The summed E-state index contributed by atoms with van der Waals surface area (Å²) in [5.74, 6) is -1.15. The molecule has 110 valence electrons. The van der Waals surface area contributed by atoms with Gasteiger partial charge in [-0.1, -0.05) is 40.4 Å². The standard InChI is InChI=1S/C12H13BrClNO4S/c13-8-3-4-10(9(14)7-8)20(18,19)15-12(11(16)17)5-1-2-6-12/h3-4,7,15H,1-2,5-6H2,(H,16,17). The molecule has 0 unspecified atom stereocenters. The van der Waals surface area contributed by atoms with Gasteiger partial charge in [0, 0.05) is 4.47 Å². The van der Waals surface area contributed by atoms with Crippen molar-refractivity contribution in [2.45, 2.75) is 36.1 Å². The van der Waals surface area contributed by atoms with Gasteiger partial charge in [0.25, 0.3) is 0 Å². The molecule has 0 spiro atoms. The third kappa shape index (κ3) is 3.00. The first-order valence-electron chi connectivity index (χ1n) is 5.99. The van der Waals surface area contributed by atoms with E-state index in [4.69, 9.17) is 11.6 Å². The molecule has 1 aliphatic carbocycles. The Morgan fingerprint density at radius 1 is 1.35 bits per heavy atom. The van der Waals surface area contributed by atoms with Crippen LogP contribution in [0.3, 0.4) is 0 Å². The Hall–Kier alpha value is -0.630. The predicted octanol–water partition coefficient (Wildman–Crippen LogP) is 2.78. The Morgan fingerprint density at radius 2 is 1.95 bits per heavy atom. The number of rotatable bonds is 4. The number of hydrogen-bond donors (Lipinski definition) is 2. The van der Waals surface area contributed by atoms with Gasteiger partial charge < -0.3 is 5.11 Å². The van der Waals surface area contributed by atoms with Gasteiger partial charge in [-0.15, -0.1) is 0 Å². The van der Waals surface area contributed by atoms with Crippen LogP contribution in [0.15, 0.2) is 27.6 Å². The Balaban J connectivity index is 2.38. The third-order valence-electron chi connectivity index (χ3n) is 3.38. The summed E-state index contributed by atoms with van der Waals surface area (Å²) < 4.78 is 27.7. The van der Waals surface area contributed by atoms with Crippen molar-refractivity contribution >= 4 is 43.5 Å². The summed E-state index contributed by atoms with van der Waals surface area (Å²) in [6.45, 7) is 0. The third-order valence-corrected chi connectivity index (χ3v) is 5.89. The molecule has 2 rings (SSSR count). The number of benzene rings is 1. The van der Waals surface area contributed by atoms with Crippen molar-refractivity contribution in [2.24, 2.45) is 0 Å². The number of carboxylic acid groups (broad SMARTS) is 1. The van der Waals surface area contributed by atoms with Crippen molar-refractivity contribution in [1.82, 2.24) is 4.72 Å². The molecule has 0 saturated heterocycles. The highest BCUT2D eigenvalue weighted by Crippen LogP contribution is 2.33. The van der Waals surface area contributed by atoms with Gasteiger partial charge in [0.05, 0.1) is 5.02 Å². The maximum atomic E-state index is 12.4. The first-order valence-corrected chi connectivity index (χ1v) is 8.65. The molecule has 1 aromatic rings. The molecule has 0 bridgehead atoms. The van der Waals surface area contributed by atoms with E-state index in [9.17, 15) is 18.3 Å². The highest BCUT2D eigenvalue weighted by Gasteiger charge is 2.45. The van der Waals surface area contributed by atoms with Crippen molar-refractivity contribution in [3.05, 3.63) is 27.7 Å². The molecule has 1 saturated carbocycles. The first-order chi connectivity index (χ1) is 9.27.